The molecule has 0 fully saturated rings. The fraction of sp³-hybridized carbons (Fsp3) is 0.737. The van der Waals surface area contributed by atoms with Crippen LogP contribution in [-0.4, -0.2) is 24.3 Å². The molecule has 0 saturated carbocycles. The lowest BCUT2D eigenvalue weighted by Gasteiger charge is -2.30. The molecular weight excluding hydrogens is 276 g/mol. The summed E-state index contributed by atoms with van der Waals surface area (Å²) in [5.74, 6) is 0.345. The number of hydrogen-bond acceptors (Lipinski definition) is 3. The Kier molecular flexibility index (Phi) is 7.34. The number of allylic oxidation sites excluding steroid dienone is 3. The van der Waals surface area contributed by atoms with Crippen LogP contribution in [-0.2, 0) is 14.3 Å². The van der Waals surface area contributed by atoms with Crippen LogP contribution in [0.4, 0.5) is 0 Å². The van der Waals surface area contributed by atoms with Crippen molar-refractivity contribution < 1.29 is 14.3 Å². The largest absolute Gasteiger partial charge is 0.462 e. The zero-order chi connectivity index (χ0) is 16.8. The summed E-state index contributed by atoms with van der Waals surface area (Å²) >= 11 is 0. The van der Waals surface area contributed by atoms with E-state index in [-0.39, 0.29) is 24.6 Å². The second-order valence-corrected chi connectivity index (χ2v) is 7.24. The van der Waals surface area contributed by atoms with Crippen molar-refractivity contribution in [1.29, 1.82) is 0 Å². The monoisotopic (exact) mass is 308 g/mol. The average molecular weight is 308 g/mol. The van der Waals surface area contributed by atoms with E-state index in [4.69, 9.17) is 9.47 Å². The van der Waals surface area contributed by atoms with Crippen molar-refractivity contribution in [1.82, 2.24) is 0 Å². The van der Waals surface area contributed by atoms with Crippen LogP contribution in [0.25, 0.3) is 0 Å². The molecule has 3 nitrogen and oxygen atoms in total. The van der Waals surface area contributed by atoms with Gasteiger partial charge in [0.05, 0.1) is 17.6 Å². The molecule has 1 aliphatic carbocycles. The summed E-state index contributed by atoms with van der Waals surface area (Å²) in [7, 11) is 0. The predicted molar refractivity (Wildman–Crippen MR) is 90.7 cm³/mol. The van der Waals surface area contributed by atoms with E-state index in [0.29, 0.717) is 5.92 Å². The van der Waals surface area contributed by atoms with E-state index in [1.54, 1.807) is 0 Å². The molecule has 0 amide bonds. The molecule has 0 heterocycles. The predicted octanol–water partition coefficient (Wildman–Crippen LogP) is 4.67. The maximum Gasteiger partial charge on any atom is 0.308 e. The van der Waals surface area contributed by atoms with Crippen LogP contribution in [0, 0.1) is 11.8 Å². The second-order valence-electron chi connectivity index (χ2n) is 7.24. The number of carbonyl (C=O) groups is 1. The Labute approximate surface area is 135 Å². The van der Waals surface area contributed by atoms with E-state index in [2.05, 4.69) is 32.1 Å². The van der Waals surface area contributed by atoms with Crippen LogP contribution in [0.15, 0.2) is 23.8 Å². The maximum atomic E-state index is 11.6. The molecule has 0 N–H and O–H groups in total. The second kappa shape index (κ2) is 8.52. The van der Waals surface area contributed by atoms with Gasteiger partial charge in [-0.3, -0.25) is 4.79 Å². The number of hydrogen-bond donors (Lipinski definition) is 0. The molecule has 22 heavy (non-hydrogen) atoms. The summed E-state index contributed by atoms with van der Waals surface area (Å²) < 4.78 is 11.4. The fourth-order valence-electron chi connectivity index (χ4n) is 2.49. The van der Waals surface area contributed by atoms with Gasteiger partial charge in [-0.15, -0.1) is 0 Å². The zero-order valence-electron chi connectivity index (χ0n) is 15.0. The van der Waals surface area contributed by atoms with Gasteiger partial charge in [-0.1, -0.05) is 32.1 Å². The Morgan fingerprint density at radius 2 is 2.00 bits per heavy atom. The zero-order valence-corrected chi connectivity index (χ0v) is 15.0. The van der Waals surface area contributed by atoms with Crippen molar-refractivity contribution in [2.45, 2.75) is 72.5 Å². The molecule has 1 rings (SSSR count). The number of ether oxygens (including phenoxy) is 2. The van der Waals surface area contributed by atoms with Crippen molar-refractivity contribution >= 4 is 5.97 Å². The van der Waals surface area contributed by atoms with E-state index in [0.717, 1.165) is 6.42 Å². The van der Waals surface area contributed by atoms with Gasteiger partial charge in [-0.05, 0) is 58.4 Å². The van der Waals surface area contributed by atoms with Crippen LogP contribution in [0.2, 0.25) is 0 Å². The molecule has 3 heteroatoms. The minimum Gasteiger partial charge on any atom is -0.462 e. The smallest absolute Gasteiger partial charge is 0.308 e. The first-order valence-electron chi connectivity index (χ1n) is 8.39. The quantitative estimate of drug-likeness (QED) is 0.506. The van der Waals surface area contributed by atoms with E-state index in [9.17, 15) is 4.79 Å². The van der Waals surface area contributed by atoms with E-state index < -0.39 is 5.60 Å². The summed E-state index contributed by atoms with van der Waals surface area (Å²) in [5, 5.41) is 0. The molecule has 126 valence electrons. The third kappa shape index (κ3) is 6.78. The third-order valence-electron chi connectivity index (χ3n) is 3.98. The Morgan fingerprint density at radius 1 is 1.32 bits per heavy atom. The average Bonchev–Trinajstić information content (AvgIpc) is 2.45. The van der Waals surface area contributed by atoms with Crippen molar-refractivity contribution in [2.75, 3.05) is 6.61 Å². The minimum atomic E-state index is -0.481. The lowest BCUT2D eigenvalue weighted by molar-refractivity contribution is -0.159. The summed E-state index contributed by atoms with van der Waals surface area (Å²) in [6, 6.07) is 0. The minimum absolute atomic E-state index is 0.0265. The molecule has 2 unspecified atom stereocenters. The Hall–Kier alpha value is -1.09. The van der Waals surface area contributed by atoms with Gasteiger partial charge in [0.1, 0.15) is 6.61 Å². The SMILES string of the molecule is CC(=CC1CC=CCC1)C(C)OC(C)(C)COC(=O)C(C)C. The van der Waals surface area contributed by atoms with Gasteiger partial charge < -0.3 is 9.47 Å². The highest BCUT2D eigenvalue weighted by atomic mass is 16.6. The van der Waals surface area contributed by atoms with E-state index in [1.165, 1.54) is 18.4 Å². The highest BCUT2D eigenvalue weighted by Gasteiger charge is 2.25. The third-order valence-corrected chi connectivity index (χ3v) is 3.98. The first kappa shape index (κ1) is 19.0. The molecule has 1 aliphatic rings. The maximum absolute atomic E-state index is 11.6. The van der Waals surface area contributed by atoms with Crippen molar-refractivity contribution in [2.24, 2.45) is 11.8 Å². The van der Waals surface area contributed by atoms with Gasteiger partial charge in [-0.25, -0.2) is 0 Å². The lowest BCUT2D eigenvalue weighted by atomic mass is 9.91. The van der Waals surface area contributed by atoms with Gasteiger partial charge in [-0.2, -0.15) is 0 Å². The highest BCUT2D eigenvalue weighted by Crippen LogP contribution is 2.24. The van der Waals surface area contributed by atoms with Gasteiger partial charge in [0.15, 0.2) is 0 Å². The fourth-order valence-corrected chi connectivity index (χ4v) is 2.49. The van der Waals surface area contributed by atoms with Crippen molar-refractivity contribution in [3.63, 3.8) is 0 Å². The van der Waals surface area contributed by atoms with Crippen molar-refractivity contribution in [3.05, 3.63) is 23.8 Å². The summed E-state index contributed by atoms with van der Waals surface area (Å²) in [4.78, 5) is 11.6. The Bertz CT molecular complexity index is 418. The first-order valence-corrected chi connectivity index (χ1v) is 8.39. The van der Waals surface area contributed by atoms with E-state index in [1.807, 2.05) is 27.7 Å². The summed E-state index contributed by atoms with van der Waals surface area (Å²) in [6.07, 6.45) is 10.4. The van der Waals surface area contributed by atoms with Gasteiger partial charge in [0, 0.05) is 0 Å². The van der Waals surface area contributed by atoms with E-state index >= 15 is 0 Å². The number of rotatable bonds is 7. The number of carbonyl (C=O) groups excluding carboxylic acids is 1. The Morgan fingerprint density at radius 3 is 2.55 bits per heavy atom. The number of esters is 1. The molecule has 0 aromatic rings. The molecule has 0 bridgehead atoms. The van der Waals surface area contributed by atoms with Crippen LogP contribution in [0.1, 0.15) is 60.8 Å². The molecule has 0 aliphatic heterocycles. The highest BCUT2D eigenvalue weighted by molar-refractivity contribution is 5.71. The molecule has 0 saturated heterocycles. The van der Waals surface area contributed by atoms with Crippen LogP contribution in [0.5, 0.6) is 0 Å². The molecular formula is C19H32O3. The first-order chi connectivity index (χ1) is 10.2. The Balaban J connectivity index is 2.50. The molecule has 2 atom stereocenters. The molecule has 0 aromatic carbocycles. The standard InChI is InChI=1S/C19H32O3/c1-14(2)18(20)21-13-19(5,6)22-16(4)15(3)12-17-10-8-7-9-11-17/h7-8,12,14,16-17H,9-11,13H2,1-6H3. The van der Waals surface area contributed by atoms with Crippen molar-refractivity contribution in [3.8, 4) is 0 Å². The van der Waals surface area contributed by atoms with Gasteiger partial charge in [0.2, 0.25) is 0 Å². The topological polar surface area (TPSA) is 35.5 Å². The van der Waals surface area contributed by atoms with Gasteiger partial charge >= 0.3 is 5.97 Å². The molecule has 0 spiro atoms. The normalized spacial score (nSPS) is 21.0. The van der Waals surface area contributed by atoms with Crippen LogP contribution >= 0.6 is 0 Å². The molecule has 0 aromatic heterocycles. The molecule has 0 radical (unpaired) electrons. The summed E-state index contributed by atoms with van der Waals surface area (Å²) in [6.45, 7) is 12.1. The lowest BCUT2D eigenvalue weighted by Crippen LogP contribution is -2.36. The summed E-state index contributed by atoms with van der Waals surface area (Å²) in [5.41, 5.74) is 0.773. The van der Waals surface area contributed by atoms with Crippen LogP contribution < -0.4 is 0 Å². The van der Waals surface area contributed by atoms with Crippen LogP contribution in [0.3, 0.4) is 0 Å². The van der Waals surface area contributed by atoms with Gasteiger partial charge in [0.25, 0.3) is 0 Å².